The van der Waals surface area contributed by atoms with Crippen LogP contribution in [0.4, 0.5) is 0 Å². The van der Waals surface area contributed by atoms with E-state index in [-0.39, 0.29) is 5.39 Å². The smallest absolute Gasteiger partial charge is 0.329 e. The van der Waals surface area contributed by atoms with Crippen molar-refractivity contribution < 1.29 is 9.90 Å². The summed E-state index contributed by atoms with van der Waals surface area (Å²) in [5.74, 6) is -1.24. The fraction of sp³-hybridized carbons (Fsp3) is 0.238. The van der Waals surface area contributed by atoms with Gasteiger partial charge >= 0.3 is 11.7 Å². The fourth-order valence-corrected chi connectivity index (χ4v) is 4.63. The van der Waals surface area contributed by atoms with Gasteiger partial charge in [-0.25, -0.2) is 14.2 Å². The van der Waals surface area contributed by atoms with Crippen LogP contribution < -0.4 is 11.2 Å². The quantitative estimate of drug-likeness (QED) is 0.539. The third-order valence-corrected chi connectivity index (χ3v) is 5.95. The van der Waals surface area contributed by atoms with E-state index in [0.717, 1.165) is 25.9 Å². The topological polar surface area (TPSA) is 105 Å². The summed E-state index contributed by atoms with van der Waals surface area (Å²) in [4.78, 5) is 39.9. The molecule has 4 rings (SSSR count). The minimum absolute atomic E-state index is 0.280. The molecule has 4 aromatic rings. The van der Waals surface area contributed by atoms with E-state index in [1.54, 1.807) is 12.1 Å². The summed E-state index contributed by atoms with van der Waals surface area (Å²) < 4.78 is 5.28. The number of aromatic amines is 1. The second-order valence-corrected chi connectivity index (χ2v) is 8.12. The maximum Gasteiger partial charge on any atom is 0.329 e. The highest BCUT2D eigenvalue weighted by Crippen LogP contribution is 2.29. The van der Waals surface area contributed by atoms with E-state index in [9.17, 15) is 14.4 Å². The number of aryl methyl sites for hydroxylation is 2. The number of H-pyrrole nitrogens is 1. The van der Waals surface area contributed by atoms with Gasteiger partial charge in [0, 0.05) is 16.7 Å². The molecular formula is C21H19N3O4S. The zero-order chi connectivity index (χ0) is 20.9. The normalized spacial score (nSPS) is 12.5. The Labute approximate surface area is 169 Å². The molecule has 0 aliphatic rings. The van der Waals surface area contributed by atoms with Gasteiger partial charge in [0.1, 0.15) is 6.04 Å². The van der Waals surface area contributed by atoms with E-state index in [1.165, 1.54) is 29.6 Å². The maximum absolute atomic E-state index is 12.6. The summed E-state index contributed by atoms with van der Waals surface area (Å²) in [7, 11) is 0. The molecular weight excluding hydrogens is 390 g/mol. The number of fused-ring (bicyclic) bond motifs is 2. The molecule has 0 saturated carbocycles. The first kappa shape index (κ1) is 19.1. The Balaban J connectivity index is 1.80. The molecule has 1 atom stereocenters. The lowest BCUT2D eigenvalue weighted by Gasteiger charge is -2.11. The van der Waals surface area contributed by atoms with Crippen molar-refractivity contribution in [2.45, 2.75) is 33.2 Å². The third-order valence-electron chi connectivity index (χ3n) is 5.10. The maximum atomic E-state index is 12.6. The van der Waals surface area contributed by atoms with Crippen molar-refractivity contribution in [2.24, 2.45) is 0 Å². The molecule has 0 spiro atoms. The van der Waals surface area contributed by atoms with Crippen LogP contribution in [-0.2, 0) is 11.2 Å². The Morgan fingerprint density at radius 3 is 2.72 bits per heavy atom. The number of rotatable bonds is 4. The van der Waals surface area contributed by atoms with Gasteiger partial charge in [0.15, 0.2) is 0 Å². The van der Waals surface area contributed by atoms with Crippen LogP contribution in [-0.4, -0.2) is 25.0 Å². The summed E-state index contributed by atoms with van der Waals surface area (Å²) in [6.07, 6.45) is 0.623. The molecule has 0 aliphatic heterocycles. The van der Waals surface area contributed by atoms with Gasteiger partial charge in [0.05, 0.1) is 16.4 Å². The molecule has 7 nitrogen and oxygen atoms in total. The van der Waals surface area contributed by atoms with Gasteiger partial charge in [-0.15, -0.1) is 0 Å². The molecule has 0 aliphatic carbocycles. The first-order valence-corrected chi connectivity index (χ1v) is 9.89. The second kappa shape index (κ2) is 6.97. The van der Waals surface area contributed by atoms with Gasteiger partial charge < -0.3 is 10.1 Å². The Hall–Kier alpha value is -3.26. The van der Waals surface area contributed by atoms with E-state index in [0.29, 0.717) is 11.9 Å². The molecule has 0 radical (unpaired) electrons. The zero-order valence-corrected chi connectivity index (χ0v) is 17.0. The fourth-order valence-electron chi connectivity index (χ4n) is 3.69. The van der Waals surface area contributed by atoms with E-state index in [2.05, 4.69) is 28.4 Å². The largest absolute Gasteiger partial charge is 0.480 e. The number of carbonyl (C=O) groups is 1. The second-order valence-electron chi connectivity index (χ2n) is 7.26. The number of aromatic nitrogens is 3. The zero-order valence-electron chi connectivity index (χ0n) is 16.1. The van der Waals surface area contributed by atoms with Gasteiger partial charge in [0.2, 0.25) is 0 Å². The molecule has 0 unspecified atom stereocenters. The lowest BCUT2D eigenvalue weighted by atomic mass is 10.0. The molecule has 148 valence electrons. The molecule has 0 saturated heterocycles. The number of hydrogen-bond acceptors (Lipinski definition) is 5. The Morgan fingerprint density at radius 1 is 1.24 bits per heavy atom. The molecule has 2 heterocycles. The Morgan fingerprint density at radius 2 is 2.00 bits per heavy atom. The van der Waals surface area contributed by atoms with Crippen LogP contribution in [0.15, 0.2) is 39.9 Å². The number of hydrogen-bond donors (Lipinski definition) is 2. The predicted octanol–water partition coefficient (Wildman–Crippen LogP) is 3.15. The van der Waals surface area contributed by atoms with Crippen molar-refractivity contribution >= 4 is 39.3 Å². The molecule has 2 N–H and O–H groups in total. The summed E-state index contributed by atoms with van der Waals surface area (Å²) in [6.45, 7) is 5.42. The highest BCUT2D eigenvalue weighted by molar-refractivity contribution is 7.07. The van der Waals surface area contributed by atoms with Crippen molar-refractivity contribution in [1.82, 2.24) is 13.9 Å². The number of aliphatic carboxylic acids is 1. The summed E-state index contributed by atoms with van der Waals surface area (Å²) in [6, 6.07) is 8.17. The molecule has 0 amide bonds. The van der Waals surface area contributed by atoms with E-state index in [1.807, 2.05) is 13.0 Å². The predicted molar refractivity (Wildman–Crippen MR) is 113 cm³/mol. The standard InChI is InChI=1S/C21H19N3O4S/c1-10-6-11(2)18-16(7-10)23-29-17(18)9-13-4-5-14-15(8-13)22-21(28)24(19(14)25)12(3)20(26)27/h4-8,12H,9H2,1-3H3,(H,22,28)(H,26,27)/t12-/m0/s1. The van der Waals surface area contributed by atoms with Gasteiger partial charge in [-0.2, -0.15) is 4.37 Å². The van der Waals surface area contributed by atoms with Crippen LogP contribution >= 0.6 is 11.5 Å². The van der Waals surface area contributed by atoms with Crippen LogP contribution in [0.25, 0.3) is 21.8 Å². The van der Waals surface area contributed by atoms with Crippen LogP contribution in [0.5, 0.6) is 0 Å². The van der Waals surface area contributed by atoms with Crippen LogP contribution in [0.3, 0.4) is 0 Å². The average molecular weight is 409 g/mol. The lowest BCUT2D eigenvalue weighted by molar-refractivity contribution is -0.140. The first-order chi connectivity index (χ1) is 13.8. The van der Waals surface area contributed by atoms with Gasteiger partial charge in [0.25, 0.3) is 5.56 Å². The molecule has 0 fully saturated rings. The van der Waals surface area contributed by atoms with Crippen molar-refractivity contribution in [1.29, 1.82) is 0 Å². The monoisotopic (exact) mass is 409 g/mol. The lowest BCUT2D eigenvalue weighted by Crippen LogP contribution is -2.39. The molecule has 8 heteroatoms. The first-order valence-electron chi connectivity index (χ1n) is 9.12. The van der Waals surface area contributed by atoms with Crippen LogP contribution in [0.2, 0.25) is 0 Å². The van der Waals surface area contributed by atoms with E-state index in [4.69, 9.17) is 5.11 Å². The average Bonchev–Trinajstić information content (AvgIpc) is 3.04. The molecule has 2 aromatic heterocycles. The molecule has 0 bridgehead atoms. The van der Waals surface area contributed by atoms with Crippen molar-refractivity contribution in [2.75, 3.05) is 0 Å². The summed E-state index contributed by atoms with van der Waals surface area (Å²) in [5, 5.41) is 10.6. The molecule has 29 heavy (non-hydrogen) atoms. The SMILES string of the molecule is Cc1cc(C)c2c(Cc3ccc4c(=O)n([C@@H](C)C(=O)O)c(=O)[nH]c4c3)snc2c1. The van der Waals surface area contributed by atoms with Crippen molar-refractivity contribution in [3.8, 4) is 0 Å². The minimum Gasteiger partial charge on any atom is -0.480 e. The number of carboxylic acid groups (broad SMARTS) is 1. The van der Waals surface area contributed by atoms with Crippen LogP contribution in [0.1, 0.15) is 34.5 Å². The Kier molecular flexibility index (Phi) is 4.58. The van der Waals surface area contributed by atoms with E-state index < -0.39 is 23.3 Å². The van der Waals surface area contributed by atoms with Crippen LogP contribution in [0, 0.1) is 13.8 Å². The van der Waals surface area contributed by atoms with Gasteiger partial charge in [-0.3, -0.25) is 4.79 Å². The van der Waals surface area contributed by atoms with Crippen molar-refractivity contribution in [3.63, 3.8) is 0 Å². The highest BCUT2D eigenvalue weighted by atomic mass is 32.1. The van der Waals surface area contributed by atoms with E-state index >= 15 is 0 Å². The summed E-state index contributed by atoms with van der Waals surface area (Å²) in [5.41, 5.74) is 3.30. The number of carboxylic acids is 1. The molecule has 2 aromatic carbocycles. The number of benzene rings is 2. The van der Waals surface area contributed by atoms with Gasteiger partial charge in [-0.1, -0.05) is 12.1 Å². The van der Waals surface area contributed by atoms with Gasteiger partial charge in [-0.05, 0) is 67.2 Å². The minimum atomic E-state index is -1.25. The number of nitrogens with one attached hydrogen (secondary N) is 1. The third kappa shape index (κ3) is 3.25. The highest BCUT2D eigenvalue weighted by Gasteiger charge is 2.19. The number of nitrogens with zero attached hydrogens (tertiary/aromatic N) is 2. The Bertz CT molecular complexity index is 1400. The summed E-state index contributed by atoms with van der Waals surface area (Å²) >= 11 is 1.45. The van der Waals surface area contributed by atoms with Crippen molar-refractivity contribution in [3.05, 3.63) is 72.7 Å².